The minimum Gasteiger partial charge on any atom is -0.317 e. The van der Waals surface area contributed by atoms with Crippen molar-refractivity contribution < 1.29 is 0 Å². The molecule has 0 aliphatic heterocycles. The normalized spacial score (nSPS) is 11.2. The molecule has 0 atom stereocenters. The lowest BCUT2D eigenvalue weighted by atomic mass is 10.1. The van der Waals surface area contributed by atoms with E-state index in [9.17, 15) is 0 Å². The molecule has 0 radical (unpaired) electrons. The standard InChI is InChI=1S/C21H45N/c1-3-5-7-9-11-12-13-15-17-19-21-22-20-18-16-14-10-8-6-4-2/h22H,3-21H2,1-2H3. The van der Waals surface area contributed by atoms with Crippen molar-refractivity contribution in [2.75, 3.05) is 13.1 Å². The number of rotatable bonds is 19. The Labute approximate surface area is 142 Å². The Morgan fingerprint density at radius 2 is 0.636 bits per heavy atom. The van der Waals surface area contributed by atoms with Crippen LogP contribution in [0.3, 0.4) is 0 Å². The van der Waals surface area contributed by atoms with Crippen molar-refractivity contribution in [2.24, 2.45) is 0 Å². The summed E-state index contributed by atoms with van der Waals surface area (Å²) in [5.74, 6) is 0. The number of nitrogens with one attached hydrogen (secondary N) is 1. The molecule has 1 heteroatoms. The Kier molecular flexibility index (Phi) is 20.9. The molecule has 1 N–H and O–H groups in total. The number of hydrogen-bond donors (Lipinski definition) is 1. The van der Waals surface area contributed by atoms with Gasteiger partial charge in [0.2, 0.25) is 0 Å². The van der Waals surface area contributed by atoms with Gasteiger partial charge in [-0.05, 0) is 25.9 Å². The van der Waals surface area contributed by atoms with Crippen LogP contribution in [0.2, 0.25) is 0 Å². The highest BCUT2D eigenvalue weighted by Gasteiger charge is 1.94. The molecule has 0 heterocycles. The molecular formula is C21H45N. The van der Waals surface area contributed by atoms with Crippen molar-refractivity contribution >= 4 is 0 Å². The van der Waals surface area contributed by atoms with E-state index in [-0.39, 0.29) is 0 Å². The summed E-state index contributed by atoms with van der Waals surface area (Å²) in [6.07, 6.45) is 24.3. The van der Waals surface area contributed by atoms with Gasteiger partial charge in [-0.3, -0.25) is 0 Å². The van der Waals surface area contributed by atoms with Gasteiger partial charge in [-0.15, -0.1) is 0 Å². The maximum absolute atomic E-state index is 3.61. The second-order valence-corrected chi connectivity index (χ2v) is 7.05. The van der Waals surface area contributed by atoms with E-state index in [1.54, 1.807) is 0 Å². The molecule has 1 nitrogen and oxygen atoms in total. The average molecular weight is 312 g/mol. The maximum Gasteiger partial charge on any atom is -0.00489 e. The van der Waals surface area contributed by atoms with Crippen molar-refractivity contribution in [3.63, 3.8) is 0 Å². The first-order valence-electron chi connectivity index (χ1n) is 10.6. The first-order valence-corrected chi connectivity index (χ1v) is 10.6. The molecule has 0 saturated carbocycles. The highest BCUT2D eigenvalue weighted by Crippen LogP contribution is 2.10. The molecule has 22 heavy (non-hydrogen) atoms. The maximum atomic E-state index is 3.61. The van der Waals surface area contributed by atoms with Gasteiger partial charge < -0.3 is 5.32 Å². The van der Waals surface area contributed by atoms with Crippen LogP contribution in [0.5, 0.6) is 0 Å². The monoisotopic (exact) mass is 311 g/mol. The Morgan fingerprint density at radius 3 is 0.955 bits per heavy atom. The molecule has 0 bridgehead atoms. The predicted molar refractivity (Wildman–Crippen MR) is 103 cm³/mol. The summed E-state index contributed by atoms with van der Waals surface area (Å²) in [6, 6.07) is 0. The minimum atomic E-state index is 1.24. The molecule has 0 aromatic heterocycles. The molecule has 0 aliphatic carbocycles. The third-order valence-corrected chi connectivity index (χ3v) is 4.66. The van der Waals surface area contributed by atoms with Crippen LogP contribution in [-0.4, -0.2) is 13.1 Å². The van der Waals surface area contributed by atoms with E-state index >= 15 is 0 Å². The number of unbranched alkanes of at least 4 members (excludes halogenated alkanes) is 15. The summed E-state index contributed by atoms with van der Waals surface area (Å²) in [5.41, 5.74) is 0. The summed E-state index contributed by atoms with van der Waals surface area (Å²) in [6.45, 7) is 7.07. The van der Waals surface area contributed by atoms with Crippen LogP contribution in [0.15, 0.2) is 0 Å². The van der Waals surface area contributed by atoms with Crippen molar-refractivity contribution in [1.29, 1.82) is 0 Å². The lowest BCUT2D eigenvalue weighted by Gasteiger charge is -2.05. The first-order chi connectivity index (χ1) is 10.9. The van der Waals surface area contributed by atoms with Crippen LogP contribution in [-0.2, 0) is 0 Å². The van der Waals surface area contributed by atoms with Crippen molar-refractivity contribution in [3.8, 4) is 0 Å². The fourth-order valence-corrected chi connectivity index (χ4v) is 3.07. The lowest BCUT2D eigenvalue weighted by Crippen LogP contribution is -2.16. The van der Waals surface area contributed by atoms with Gasteiger partial charge in [0.1, 0.15) is 0 Å². The molecule has 0 amide bonds. The zero-order valence-corrected chi connectivity index (χ0v) is 15.9. The van der Waals surface area contributed by atoms with Gasteiger partial charge in [-0.2, -0.15) is 0 Å². The van der Waals surface area contributed by atoms with E-state index in [1.165, 1.54) is 122 Å². The van der Waals surface area contributed by atoms with Gasteiger partial charge in [-0.25, -0.2) is 0 Å². The summed E-state index contributed by atoms with van der Waals surface area (Å²) in [7, 11) is 0. The van der Waals surface area contributed by atoms with E-state index in [0.29, 0.717) is 0 Å². The largest absolute Gasteiger partial charge is 0.317 e. The zero-order valence-electron chi connectivity index (χ0n) is 15.9. The topological polar surface area (TPSA) is 12.0 Å². The fraction of sp³-hybridized carbons (Fsp3) is 1.00. The van der Waals surface area contributed by atoms with Crippen LogP contribution >= 0.6 is 0 Å². The van der Waals surface area contributed by atoms with Crippen LogP contribution in [0.1, 0.15) is 123 Å². The van der Waals surface area contributed by atoms with Gasteiger partial charge >= 0.3 is 0 Å². The molecule has 0 aromatic rings. The second-order valence-electron chi connectivity index (χ2n) is 7.05. The first kappa shape index (κ1) is 22.0. The highest BCUT2D eigenvalue weighted by atomic mass is 14.8. The summed E-state index contributed by atoms with van der Waals surface area (Å²) < 4.78 is 0. The van der Waals surface area contributed by atoms with Crippen LogP contribution < -0.4 is 5.32 Å². The molecule has 0 aromatic carbocycles. The van der Waals surface area contributed by atoms with Crippen LogP contribution in [0.25, 0.3) is 0 Å². The molecular weight excluding hydrogens is 266 g/mol. The molecule has 0 fully saturated rings. The van der Waals surface area contributed by atoms with E-state index in [2.05, 4.69) is 19.2 Å². The Morgan fingerprint density at radius 1 is 0.364 bits per heavy atom. The average Bonchev–Trinajstić information content (AvgIpc) is 2.54. The smallest absolute Gasteiger partial charge is 0.00489 e. The quantitative estimate of drug-likeness (QED) is 0.248. The molecule has 0 aliphatic rings. The Balaban J connectivity index is 2.91. The van der Waals surface area contributed by atoms with Crippen LogP contribution in [0.4, 0.5) is 0 Å². The summed E-state index contributed by atoms with van der Waals surface area (Å²) >= 11 is 0. The summed E-state index contributed by atoms with van der Waals surface area (Å²) in [5, 5.41) is 3.61. The van der Waals surface area contributed by atoms with E-state index in [0.717, 1.165) is 0 Å². The van der Waals surface area contributed by atoms with Gasteiger partial charge in [0.15, 0.2) is 0 Å². The third kappa shape index (κ3) is 20.0. The second kappa shape index (κ2) is 21.0. The van der Waals surface area contributed by atoms with E-state index in [1.807, 2.05) is 0 Å². The van der Waals surface area contributed by atoms with Crippen molar-refractivity contribution in [1.82, 2.24) is 5.32 Å². The fourth-order valence-electron chi connectivity index (χ4n) is 3.07. The summed E-state index contributed by atoms with van der Waals surface area (Å²) in [4.78, 5) is 0. The third-order valence-electron chi connectivity index (χ3n) is 4.66. The molecule has 0 rings (SSSR count). The van der Waals surface area contributed by atoms with Crippen molar-refractivity contribution in [3.05, 3.63) is 0 Å². The highest BCUT2D eigenvalue weighted by molar-refractivity contribution is 4.52. The Hall–Kier alpha value is -0.0400. The van der Waals surface area contributed by atoms with Gasteiger partial charge in [-0.1, -0.05) is 110 Å². The Bertz CT molecular complexity index is 159. The van der Waals surface area contributed by atoms with Gasteiger partial charge in [0, 0.05) is 0 Å². The van der Waals surface area contributed by atoms with E-state index < -0.39 is 0 Å². The van der Waals surface area contributed by atoms with E-state index in [4.69, 9.17) is 0 Å². The predicted octanol–water partition coefficient (Wildman–Crippen LogP) is 7.25. The molecule has 0 spiro atoms. The molecule has 0 saturated heterocycles. The SMILES string of the molecule is CCCCCCCCCCCCNCCCCCCCCC. The number of hydrogen-bond acceptors (Lipinski definition) is 1. The zero-order chi connectivity index (χ0) is 16.1. The van der Waals surface area contributed by atoms with Crippen LogP contribution in [0, 0.1) is 0 Å². The molecule has 0 unspecified atom stereocenters. The van der Waals surface area contributed by atoms with Crippen molar-refractivity contribution in [2.45, 2.75) is 123 Å². The lowest BCUT2D eigenvalue weighted by molar-refractivity contribution is 0.530. The van der Waals surface area contributed by atoms with Gasteiger partial charge in [0.25, 0.3) is 0 Å². The minimum absolute atomic E-state index is 1.24. The molecule has 134 valence electrons. The van der Waals surface area contributed by atoms with Gasteiger partial charge in [0.05, 0.1) is 0 Å².